The van der Waals surface area contributed by atoms with Crippen molar-refractivity contribution in [3.05, 3.63) is 0 Å². The zero-order valence-electron chi connectivity index (χ0n) is 29.5. The third kappa shape index (κ3) is 5.64. The quantitative estimate of drug-likeness (QED) is 0.137. The summed E-state index contributed by atoms with van der Waals surface area (Å²) >= 11 is 3.50. The molecule has 0 radical (unpaired) electrons. The van der Waals surface area contributed by atoms with Crippen LogP contribution in [0.4, 0.5) is 0 Å². The molecular weight excluding hydrogens is 657 g/mol. The van der Waals surface area contributed by atoms with Gasteiger partial charge in [0.1, 0.15) is 10.9 Å². The summed E-state index contributed by atoms with van der Waals surface area (Å²) < 4.78 is 32.0. The predicted octanol–water partition coefficient (Wildman–Crippen LogP) is 7.19. The second kappa shape index (κ2) is 13.1. The summed E-state index contributed by atoms with van der Waals surface area (Å²) in [5, 5.41) is 0. The van der Waals surface area contributed by atoms with Crippen LogP contribution in [0, 0.1) is 47.3 Å². The van der Waals surface area contributed by atoms with Gasteiger partial charge in [-0.1, -0.05) is 27.7 Å². The van der Waals surface area contributed by atoms with Crippen LogP contribution < -0.4 is 0 Å². The Bertz CT molecular complexity index is 1210. The molecule has 10 aliphatic rings. The molecule has 8 aliphatic heterocycles. The lowest BCUT2D eigenvalue weighted by atomic mass is 9.58. The summed E-state index contributed by atoms with van der Waals surface area (Å²) in [5.74, 6) is 2.79. The molecule has 10 nitrogen and oxygen atoms in total. The molecule has 272 valence electrons. The number of carbonyl (C=O) groups excluding carboxylic acids is 1. The normalized spacial score (nSPS) is 53.7. The van der Waals surface area contributed by atoms with Crippen molar-refractivity contribution in [3.63, 3.8) is 0 Å². The van der Waals surface area contributed by atoms with Crippen LogP contribution in [-0.2, 0) is 48.0 Å². The van der Waals surface area contributed by atoms with E-state index in [9.17, 15) is 4.79 Å². The standard InChI is InChI=1S/C36H56O10S2/c1-20-8-10-26-22(3)29(39-31-35(26)24(20)12-15-33(5,41-31)43-45-35)47-18-7-17-38-28(37)14-19-48-30-23(4)27-11-9-21(2)25-13-16-34(6)42-32(40-30)36(25,27)46-44-34/h20-27,29-32H,7-19H2,1-6H3/t20-,21-,22-,23-,24+,25+,26+,27+,29+,30+,31-,32-,33-,34+,35-,36-/m1/s1. The van der Waals surface area contributed by atoms with Crippen molar-refractivity contribution in [1.29, 1.82) is 0 Å². The van der Waals surface area contributed by atoms with Crippen LogP contribution in [0.1, 0.15) is 106 Å². The van der Waals surface area contributed by atoms with Gasteiger partial charge in [-0.15, -0.1) is 23.5 Å². The molecule has 12 heteroatoms. The minimum Gasteiger partial charge on any atom is -0.466 e. The zero-order chi connectivity index (χ0) is 33.5. The van der Waals surface area contributed by atoms with E-state index in [0.29, 0.717) is 60.2 Å². The molecule has 48 heavy (non-hydrogen) atoms. The lowest BCUT2D eigenvalue weighted by Crippen LogP contribution is -2.70. The van der Waals surface area contributed by atoms with Crippen LogP contribution in [0.25, 0.3) is 0 Å². The molecule has 8 heterocycles. The third-order valence-corrected chi connectivity index (χ3v) is 16.3. The fourth-order valence-electron chi connectivity index (χ4n) is 10.9. The fraction of sp³-hybridized carbons (Fsp3) is 0.972. The Morgan fingerprint density at radius 1 is 0.667 bits per heavy atom. The average molecular weight is 713 g/mol. The van der Waals surface area contributed by atoms with E-state index in [-0.39, 0.29) is 22.8 Å². The summed E-state index contributed by atoms with van der Waals surface area (Å²) in [6.45, 7) is 13.6. The van der Waals surface area contributed by atoms with Gasteiger partial charge in [-0.2, -0.15) is 0 Å². The monoisotopic (exact) mass is 712 g/mol. The summed E-state index contributed by atoms with van der Waals surface area (Å²) in [5.41, 5.74) is -1.14. The van der Waals surface area contributed by atoms with Crippen molar-refractivity contribution < 1.29 is 48.0 Å². The Morgan fingerprint density at radius 3 is 1.69 bits per heavy atom. The first-order valence-electron chi connectivity index (χ1n) is 18.8. The predicted molar refractivity (Wildman–Crippen MR) is 179 cm³/mol. The highest BCUT2D eigenvalue weighted by Gasteiger charge is 2.70. The van der Waals surface area contributed by atoms with Crippen LogP contribution in [-0.4, -0.2) is 70.3 Å². The van der Waals surface area contributed by atoms with Gasteiger partial charge < -0.3 is 23.7 Å². The summed E-state index contributed by atoms with van der Waals surface area (Å²) in [6, 6.07) is 0. The topological polar surface area (TPSA) is 100 Å². The minimum atomic E-state index is -0.777. The zero-order valence-corrected chi connectivity index (χ0v) is 31.2. The summed E-state index contributed by atoms with van der Waals surface area (Å²) in [7, 11) is 0. The van der Waals surface area contributed by atoms with Gasteiger partial charge in [0.05, 0.1) is 13.0 Å². The molecule has 8 saturated heterocycles. The molecule has 2 aliphatic carbocycles. The molecular formula is C36H56O10S2. The second-order valence-electron chi connectivity index (χ2n) is 16.6. The number of hydrogen-bond donors (Lipinski definition) is 0. The Morgan fingerprint density at radius 2 is 1.17 bits per heavy atom. The number of fused-ring (bicyclic) bond motifs is 4. The lowest BCUT2D eigenvalue weighted by Gasteiger charge is -2.60. The van der Waals surface area contributed by atoms with E-state index in [1.807, 2.05) is 13.8 Å². The van der Waals surface area contributed by atoms with Crippen LogP contribution in [0.5, 0.6) is 0 Å². The van der Waals surface area contributed by atoms with Gasteiger partial charge in [0.25, 0.3) is 0 Å². The van der Waals surface area contributed by atoms with E-state index in [1.165, 1.54) is 12.8 Å². The van der Waals surface area contributed by atoms with Crippen LogP contribution >= 0.6 is 23.5 Å². The first-order valence-corrected chi connectivity index (χ1v) is 20.9. The van der Waals surface area contributed by atoms with Crippen molar-refractivity contribution in [2.45, 2.75) is 152 Å². The molecule has 4 bridgehead atoms. The second-order valence-corrected chi connectivity index (χ2v) is 19.0. The van der Waals surface area contributed by atoms with Crippen molar-refractivity contribution >= 4 is 29.5 Å². The number of rotatable bonds is 9. The van der Waals surface area contributed by atoms with Gasteiger partial charge >= 0.3 is 5.97 Å². The number of esters is 1. The fourth-order valence-corrected chi connectivity index (χ4v) is 13.3. The molecule has 10 rings (SSSR count). The Kier molecular flexibility index (Phi) is 9.50. The number of hydrogen-bond acceptors (Lipinski definition) is 12. The maximum Gasteiger partial charge on any atom is 0.306 e. The molecule has 2 saturated carbocycles. The van der Waals surface area contributed by atoms with Gasteiger partial charge in [0, 0.05) is 30.4 Å². The molecule has 0 amide bonds. The largest absolute Gasteiger partial charge is 0.466 e. The Hall–Kier alpha value is -0.150. The van der Waals surface area contributed by atoms with Crippen molar-refractivity contribution in [2.24, 2.45) is 47.3 Å². The van der Waals surface area contributed by atoms with E-state index in [1.54, 1.807) is 23.5 Å². The molecule has 0 aromatic carbocycles. The van der Waals surface area contributed by atoms with Crippen LogP contribution in [0.2, 0.25) is 0 Å². The van der Waals surface area contributed by atoms with Crippen LogP contribution in [0.3, 0.4) is 0 Å². The van der Waals surface area contributed by atoms with Crippen molar-refractivity contribution in [1.82, 2.24) is 0 Å². The third-order valence-electron chi connectivity index (χ3n) is 13.6. The SMILES string of the molecule is C[C@H]1[C@H](SCCCOC(=O)CCS[C@@H]2O[C@@H]3O[C@]4(C)CC[C@H]5[C@H](C)CC[C@@H]([C@H]2C)[C@@]35OO4)O[C@@H]2O[C@@]3(C)CC[C@H]4[C@H](C)CC[C@@H]1[C@@]24OO3. The minimum absolute atomic E-state index is 0.00446. The van der Waals surface area contributed by atoms with Crippen LogP contribution in [0.15, 0.2) is 0 Å². The van der Waals surface area contributed by atoms with Gasteiger partial charge in [0.15, 0.2) is 23.8 Å². The van der Waals surface area contributed by atoms with Crippen molar-refractivity contribution in [3.8, 4) is 0 Å². The van der Waals surface area contributed by atoms with E-state index in [2.05, 4.69) is 27.7 Å². The highest BCUT2D eigenvalue weighted by molar-refractivity contribution is 8.00. The van der Waals surface area contributed by atoms with Gasteiger partial charge in [-0.05, 0) is 100 Å². The molecule has 2 spiro atoms. The first-order chi connectivity index (χ1) is 23.0. The summed E-state index contributed by atoms with van der Waals surface area (Å²) in [4.78, 5) is 37.2. The number of ether oxygens (including phenoxy) is 5. The molecule has 10 fully saturated rings. The maximum atomic E-state index is 12.7. The van der Waals surface area contributed by atoms with E-state index in [4.69, 9.17) is 43.2 Å². The number of thioether (sulfide) groups is 2. The van der Waals surface area contributed by atoms with E-state index in [0.717, 1.165) is 50.7 Å². The average Bonchev–Trinajstić information content (AvgIpc) is 3.43. The van der Waals surface area contributed by atoms with E-state index < -0.39 is 35.4 Å². The van der Waals surface area contributed by atoms with E-state index >= 15 is 0 Å². The molecule has 16 atom stereocenters. The maximum absolute atomic E-state index is 12.7. The lowest BCUT2D eigenvalue weighted by molar-refractivity contribution is -0.568. The Balaban J connectivity index is 0.791. The highest BCUT2D eigenvalue weighted by atomic mass is 32.2. The molecule has 0 aromatic heterocycles. The smallest absolute Gasteiger partial charge is 0.306 e. The molecule has 0 aromatic rings. The van der Waals surface area contributed by atoms with Gasteiger partial charge in [-0.25, -0.2) is 19.6 Å². The van der Waals surface area contributed by atoms with Gasteiger partial charge in [-0.3, -0.25) is 4.79 Å². The first kappa shape index (κ1) is 34.9. The summed E-state index contributed by atoms with van der Waals surface area (Å²) in [6.07, 6.45) is 8.49. The molecule has 0 N–H and O–H groups in total. The highest BCUT2D eigenvalue weighted by Crippen LogP contribution is 2.63. The number of carbonyl (C=O) groups is 1. The van der Waals surface area contributed by atoms with Gasteiger partial charge in [0.2, 0.25) is 11.6 Å². The van der Waals surface area contributed by atoms with Crippen molar-refractivity contribution in [2.75, 3.05) is 18.1 Å². The Labute approximate surface area is 294 Å². The molecule has 0 unspecified atom stereocenters.